The van der Waals surface area contributed by atoms with E-state index in [4.69, 9.17) is 14.2 Å². The molecule has 1 aromatic rings. The van der Waals surface area contributed by atoms with Crippen molar-refractivity contribution >= 4 is 35.9 Å². The molecule has 1 heterocycles. The number of phenols is 1. The molecule has 1 aromatic carbocycles. The molecule has 1 saturated heterocycles. The van der Waals surface area contributed by atoms with Crippen molar-refractivity contribution in [3.63, 3.8) is 0 Å². The molecule has 0 unspecified atom stereocenters. The zero-order valence-electron chi connectivity index (χ0n) is 22.7. The largest absolute Gasteiger partial charge is 0.505 e. The van der Waals surface area contributed by atoms with Crippen LogP contribution in [0.1, 0.15) is 71.2 Å². The minimum Gasteiger partial charge on any atom is -0.505 e. The van der Waals surface area contributed by atoms with Crippen LogP contribution in [0, 0.1) is 17.8 Å². The Morgan fingerprint density at radius 3 is 2.37 bits per heavy atom. The van der Waals surface area contributed by atoms with Gasteiger partial charge in [-0.3, -0.25) is 19.2 Å². The Hall–Kier alpha value is -3.63. The number of carbonyl (C=O) groups excluding carboxylic acids is 5. The maximum absolute atomic E-state index is 13.3. The lowest BCUT2D eigenvalue weighted by Gasteiger charge is -2.30. The molecule has 11 nitrogen and oxygen atoms in total. The van der Waals surface area contributed by atoms with Gasteiger partial charge in [0.15, 0.2) is 17.9 Å². The number of nitrogens with one attached hydrogen (secondary N) is 2. The van der Waals surface area contributed by atoms with Crippen LogP contribution in [-0.4, -0.2) is 59.7 Å². The lowest BCUT2D eigenvalue weighted by molar-refractivity contribution is -0.177. The van der Waals surface area contributed by atoms with Gasteiger partial charge in [-0.25, -0.2) is 4.79 Å². The summed E-state index contributed by atoms with van der Waals surface area (Å²) in [7, 11) is 0. The van der Waals surface area contributed by atoms with Crippen molar-refractivity contribution < 1.29 is 43.3 Å². The molecule has 2 rings (SSSR count). The van der Waals surface area contributed by atoms with Crippen LogP contribution in [0.4, 0.5) is 5.69 Å². The average molecular weight is 535 g/mol. The fourth-order valence-corrected chi connectivity index (χ4v) is 4.01. The van der Waals surface area contributed by atoms with Gasteiger partial charge in [-0.1, -0.05) is 40.2 Å². The number of aromatic hydroxyl groups is 1. The Kier molecular flexibility index (Phi) is 11.1. The van der Waals surface area contributed by atoms with Gasteiger partial charge in [-0.2, -0.15) is 0 Å². The molecule has 0 aromatic heterocycles. The Bertz CT molecular complexity index is 1030. The molecule has 0 bridgehead atoms. The maximum atomic E-state index is 13.3. The number of esters is 3. The van der Waals surface area contributed by atoms with Gasteiger partial charge in [-0.05, 0) is 44.7 Å². The molecule has 0 spiro atoms. The molecule has 11 heteroatoms. The van der Waals surface area contributed by atoms with E-state index in [1.165, 1.54) is 32.0 Å². The predicted molar refractivity (Wildman–Crippen MR) is 137 cm³/mol. The number of cyclic esters (lactones) is 2. The molecule has 210 valence electrons. The zero-order valence-corrected chi connectivity index (χ0v) is 22.7. The summed E-state index contributed by atoms with van der Waals surface area (Å²) in [6.45, 7) is 10.5. The topological polar surface area (TPSA) is 157 Å². The Morgan fingerprint density at radius 1 is 1.11 bits per heavy atom. The van der Waals surface area contributed by atoms with E-state index in [0.717, 1.165) is 0 Å². The summed E-state index contributed by atoms with van der Waals surface area (Å²) in [6.07, 6.45) is -1.39. The molecular formula is C27H38N2O9. The van der Waals surface area contributed by atoms with Crippen molar-refractivity contribution in [2.75, 3.05) is 5.32 Å². The minimum atomic E-state index is -1.43. The van der Waals surface area contributed by atoms with Crippen LogP contribution in [0.5, 0.6) is 5.75 Å². The SMILES string of the molecule is CC[C@H](C)C(=O)O[C@H]1[C@H](C)OC(=O)[C@@H](NC(=O)c2cccc(NC=O)c2O)[C@@H](C)OC(=O)[C@@H]1CCC(C)C. The Morgan fingerprint density at radius 2 is 1.76 bits per heavy atom. The summed E-state index contributed by atoms with van der Waals surface area (Å²) in [5, 5.41) is 15.1. The van der Waals surface area contributed by atoms with Crippen LogP contribution in [-0.2, 0) is 33.4 Å². The summed E-state index contributed by atoms with van der Waals surface area (Å²) < 4.78 is 16.9. The zero-order chi connectivity index (χ0) is 28.6. The smallest absolute Gasteiger partial charge is 0.332 e. The summed E-state index contributed by atoms with van der Waals surface area (Å²) in [4.78, 5) is 62.9. The number of ether oxygens (including phenoxy) is 3. The van der Waals surface area contributed by atoms with E-state index in [0.29, 0.717) is 25.7 Å². The van der Waals surface area contributed by atoms with Crippen molar-refractivity contribution in [1.82, 2.24) is 5.32 Å². The van der Waals surface area contributed by atoms with Gasteiger partial charge in [0, 0.05) is 0 Å². The second-order valence-corrected chi connectivity index (χ2v) is 9.99. The number of hydrogen-bond donors (Lipinski definition) is 3. The number of carbonyl (C=O) groups is 5. The van der Waals surface area contributed by atoms with Crippen LogP contribution >= 0.6 is 0 Å². The van der Waals surface area contributed by atoms with Crippen molar-refractivity contribution in [2.24, 2.45) is 17.8 Å². The summed E-state index contributed by atoms with van der Waals surface area (Å²) >= 11 is 0. The highest BCUT2D eigenvalue weighted by Gasteiger charge is 2.44. The van der Waals surface area contributed by atoms with E-state index in [9.17, 15) is 29.1 Å². The maximum Gasteiger partial charge on any atom is 0.332 e. The minimum absolute atomic E-state index is 0.00301. The van der Waals surface area contributed by atoms with Crippen LogP contribution in [0.3, 0.4) is 0 Å². The first kappa shape index (κ1) is 30.6. The van der Waals surface area contributed by atoms with E-state index in [1.54, 1.807) is 6.92 Å². The molecule has 3 N–H and O–H groups in total. The third kappa shape index (κ3) is 7.69. The molecule has 1 aliphatic rings. The van der Waals surface area contributed by atoms with E-state index in [2.05, 4.69) is 10.6 Å². The van der Waals surface area contributed by atoms with Gasteiger partial charge in [0.25, 0.3) is 5.91 Å². The first-order valence-corrected chi connectivity index (χ1v) is 12.9. The van der Waals surface area contributed by atoms with Gasteiger partial charge in [0.2, 0.25) is 6.41 Å². The quantitative estimate of drug-likeness (QED) is 0.178. The number of anilines is 1. The number of amides is 2. The van der Waals surface area contributed by atoms with Crippen LogP contribution in [0.15, 0.2) is 18.2 Å². The molecule has 2 amide bonds. The second kappa shape index (κ2) is 13.8. The highest BCUT2D eigenvalue weighted by molar-refractivity contribution is 6.01. The van der Waals surface area contributed by atoms with Gasteiger partial charge in [0.05, 0.1) is 23.1 Å². The van der Waals surface area contributed by atoms with Crippen molar-refractivity contribution in [1.29, 1.82) is 0 Å². The monoisotopic (exact) mass is 534 g/mol. The van der Waals surface area contributed by atoms with Crippen molar-refractivity contribution in [3.8, 4) is 5.75 Å². The molecule has 0 saturated carbocycles. The van der Waals surface area contributed by atoms with Crippen LogP contribution in [0.25, 0.3) is 0 Å². The number of rotatable bonds is 10. The molecule has 1 fully saturated rings. The first-order chi connectivity index (χ1) is 17.9. The standard InChI is InChI=1S/C27H38N2O9/c1-7-15(4)25(33)38-23-17(6)37-27(35)21(16(5)36-26(34)19(23)12-11-14(2)3)29-24(32)18-9-8-10-20(22(18)31)28-13-30/h8-10,13-17,19,21,23,31H,7,11-12H2,1-6H3,(H,28,30)(H,29,32)/t15-,16+,17-,19+,21-,23-/m0/s1. The van der Waals surface area contributed by atoms with Gasteiger partial charge >= 0.3 is 17.9 Å². The van der Waals surface area contributed by atoms with E-state index < -0.39 is 65.8 Å². The fourth-order valence-electron chi connectivity index (χ4n) is 4.01. The molecule has 0 aliphatic carbocycles. The third-order valence-corrected chi connectivity index (χ3v) is 6.59. The highest BCUT2D eigenvalue weighted by Crippen LogP contribution is 2.29. The molecule has 38 heavy (non-hydrogen) atoms. The normalized spacial score (nSPS) is 24.7. The molecule has 0 radical (unpaired) electrons. The molecule has 1 aliphatic heterocycles. The Balaban J connectivity index is 2.37. The van der Waals surface area contributed by atoms with E-state index >= 15 is 0 Å². The first-order valence-electron chi connectivity index (χ1n) is 12.9. The van der Waals surface area contributed by atoms with Crippen molar-refractivity contribution in [3.05, 3.63) is 23.8 Å². The number of para-hydroxylation sites is 1. The van der Waals surface area contributed by atoms with Crippen LogP contribution in [0.2, 0.25) is 0 Å². The van der Waals surface area contributed by atoms with Gasteiger partial charge < -0.3 is 30.0 Å². The highest BCUT2D eigenvalue weighted by atomic mass is 16.6. The van der Waals surface area contributed by atoms with E-state index in [-0.39, 0.29) is 17.2 Å². The van der Waals surface area contributed by atoms with E-state index in [1.807, 2.05) is 20.8 Å². The number of hydrogen-bond acceptors (Lipinski definition) is 9. The summed E-state index contributed by atoms with van der Waals surface area (Å²) in [5.41, 5.74) is -0.219. The molecular weight excluding hydrogens is 496 g/mol. The lowest BCUT2D eigenvalue weighted by atomic mass is 9.90. The fraction of sp³-hybridized carbons (Fsp3) is 0.593. The average Bonchev–Trinajstić information content (AvgIpc) is 2.88. The lowest BCUT2D eigenvalue weighted by Crippen LogP contribution is -2.50. The predicted octanol–water partition coefficient (Wildman–Crippen LogP) is 2.95. The third-order valence-electron chi connectivity index (χ3n) is 6.59. The summed E-state index contributed by atoms with van der Waals surface area (Å²) in [5.74, 6) is -4.51. The summed E-state index contributed by atoms with van der Waals surface area (Å²) in [6, 6.07) is 2.69. The van der Waals surface area contributed by atoms with Gasteiger partial charge in [-0.15, -0.1) is 0 Å². The Labute approximate surface area is 222 Å². The van der Waals surface area contributed by atoms with Crippen molar-refractivity contribution in [2.45, 2.75) is 85.2 Å². The van der Waals surface area contributed by atoms with Crippen LogP contribution < -0.4 is 10.6 Å². The number of benzene rings is 1. The molecule has 6 atom stereocenters. The van der Waals surface area contributed by atoms with Gasteiger partial charge in [0.1, 0.15) is 12.2 Å². The number of phenolic OH excluding ortho intramolecular Hbond substituents is 1. The second-order valence-electron chi connectivity index (χ2n) is 9.99.